The standard InChI is InChI=1S/C19H22N6O7S2/c26-12(27)6-11-21-22-23-25(11)34-9-19(18(31)32)7-24-16(30)13(17(24)33-8-19)20-15(29)14(28)10-4-2-1-3-5-10/h1-2,4,13-14,17,28H,3,5-9H2,(H,20,29)(H,26,27)(H,31,32)/t13?,14?,17-,19?/m1/s1. The highest BCUT2D eigenvalue weighted by Gasteiger charge is 2.57. The van der Waals surface area contributed by atoms with Crippen molar-refractivity contribution in [1.82, 2.24) is 29.8 Å². The maximum Gasteiger partial charge on any atom is 0.313 e. The molecule has 0 radical (unpaired) electrons. The average Bonchev–Trinajstić information content (AvgIpc) is 3.26. The molecule has 182 valence electrons. The predicted molar refractivity (Wildman–Crippen MR) is 119 cm³/mol. The lowest BCUT2D eigenvalue weighted by Crippen LogP contribution is -2.74. The molecular weight excluding hydrogens is 488 g/mol. The summed E-state index contributed by atoms with van der Waals surface area (Å²) < 4.78 is 1.17. The van der Waals surface area contributed by atoms with E-state index in [1.54, 1.807) is 12.2 Å². The third-order valence-corrected chi connectivity index (χ3v) is 8.61. The molecule has 1 aromatic rings. The van der Waals surface area contributed by atoms with Crippen molar-refractivity contribution in [3.05, 3.63) is 29.6 Å². The van der Waals surface area contributed by atoms with Crippen molar-refractivity contribution in [3.8, 4) is 0 Å². The minimum atomic E-state index is -1.34. The van der Waals surface area contributed by atoms with E-state index in [2.05, 4.69) is 20.8 Å². The molecule has 0 spiro atoms. The molecule has 2 fully saturated rings. The van der Waals surface area contributed by atoms with Crippen molar-refractivity contribution in [2.75, 3.05) is 18.1 Å². The summed E-state index contributed by atoms with van der Waals surface area (Å²) in [6.45, 7) is -0.0763. The lowest BCUT2D eigenvalue weighted by Gasteiger charge is -2.53. The number of carbonyl (C=O) groups is 4. The summed E-state index contributed by atoms with van der Waals surface area (Å²) >= 11 is 2.19. The van der Waals surface area contributed by atoms with Crippen molar-refractivity contribution in [2.45, 2.75) is 36.8 Å². The second-order valence-electron chi connectivity index (χ2n) is 8.16. The van der Waals surface area contributed by atoms with Crippen molar-refractivity contribution in [2.24, 2.45) is 5.41 Å². The minimum Gasteiger partial charge on any atom is -0.481 e. The SMILES string of the molecule is O=C(O)Cc1nnnn1SCC1(C(=O)O)CS[C@@H]2C(NC(=O)C(O)C3=CC=CCC3)C(=O)N2C1. The zero-order valence-corrected chi connectivity index (χ0v) is 19.4. The largest absolute Gasteiger partial charge is 0.481 e. The number of aliphatic hydroxyl groups is 1. The number of rotatable bonds is 9. The zero-order valence-electron chi connectivity index (χ0n) is 17.7. The van der Waals surface area contributed by atoms with Gasteiger partial charge in [0.1, 0.15) is 23.3 Å². The quantitative estimate of drug-likeness (QED) is 0.294. The number of nitrogens with zero attached hydrogens (tertiary/aromatic N) is 5. The van der Waals surface area contributed by atoms with Gasteiger partial charge in [-0.25, -0.2) is 0 Å². The fourth-order valence-corrected chi connectivity index (χ4v) is 6.57. The fourth-order valence-electron chi connectivity index (χ4n) is 3.88. The van der Waals surface area contributed by atoms with Crippen LogP contribution in [0.5, 0.6) is 0 Å². The number of tetrazole rings is 1. The highest BCUT2D eigenvalue weighted by atomic mass is 32.2. The number of nitrogens with one attached hydrogen (secondary N) is 1. The van der Waals surface area contributed by atoms with Crippen LogP contribution in [0.1, 0.15) is 18.7 Å². The van der Waals surface area contributed by atoms with Gasteiger partial charge in [-0.15, -0.1) is 16.9 Å². The Kier molecular flexibility index (Phi) is 6.95. The van der Waals surface area contributed by atoms with Crippen molar-refractivity contribution in [1.29, 1.82) is 0 Å². The Balaban J connectivity index is 1.38. The monoisotopic (exact) mass is 510 g/mol. The number of aromatic nitrogens is 4. The maximum absolute atomic E-state index is 12.7. The third kappa shape index (κ3) is 4.67. The summed E-state index contributed by atoms with van der Waals surface area (Å²) in [5.41, 5.74) is -0.742. The van der Waals surface area contributed by atoms with E-state index in [9.17, 15) is 29.4 Å². The molecule has 3 heterocycles. The average molecular weight is 511 g/mol. The molecule has 2 aliphatic heterocycles. The van der Waals surface area contributed by atoms with Gasteiger partial charge in [0.25, 0.3) is 5.91 Å². The second kappa shape index (κ2) is 9.76. The number of amides is 2. The molecule has 3 aliphatic rings. The van der Waals surface area contributed by atoms with Crippen LogP contribution in [0, 0.1) is 5.41 Å². The summed E-state index contributed by atoms with van der Waals surface area (Å²) in [4.78, 5) is 49.7. The number of thioether (sulfide) groups is 1. The van der Waals surface area contributed by atoms with Gasteiger partial charge in [0, 0.05) is 18.1 Å². The predicted octanol–water partition coefficient (Wildman–Crippen LogP) is -1.10. The summed E-state index contributed by atoms with van der Waals surface area (Å²) in [5.74, 6) is -3.07. The van der Waals surface area contributed by atoms with E-state index in [1.807, 2.05) is 6.08 Å². The summed E-state index contributed by atoms with van der Waals surface area (Å²) in [7, 11) is 0. The Morgan fingerprint density at radius 2 is 2.15 bits per heavy atom. The number of aliphatic hydroxyl groups excluding tert-OH is 1. The minimum absolute atomic E-state index is 0.000898. The summed E-state index contributed by atoms with van der Waals surface area (Å²) in [6.07, 6.45) is 4.91. The number of fused-ring (bicyclic) bond motifs is 1. The molecular formula is C19H22N6O7S2. The van der Waals surface area contributed by atoms with Gasteiger partial charge in [-0.3, -0.25) is 19.2 Å². The number of allylic oxidation sites excluding steroid dienone is 3. The smallest absolute Gasteiger partial charge is 0.313 e. The first-order chi connectivity index (χ1) is 16.2. The normalized spacial score (nSPS) is 26.8. The summed E-state index contributed by atoms with van der Waals surface area (Å²) in [6, 6.07) is -0.840. The van der Waals surface area contributed by atoms with Crippen molar-refractivity contribution in [3.63, 3.8) is 0 Å². The number of carboxylic acids is 2. The molecule has 1 aliphatic carbocycles. The van der Waals surface area contributed by atoms with Gasteiger partial charge in [-0.2, -0.15) is 4.09 Å². The molecule has 4 rings (SSSR count). The highest BCUT2D eigenvalue weighted by molar-refractivity contribution is 8.00. The van der Waals surface area contributed by atoms with Crippen molar-refractivity contribution >= 4 is 47.5 Å². The number of β-lactam (4-membered cyclic amide) rings is 1. The number of hydrogen-bond acceptors (Lipinski definition) is 10. The van der Waals surface area contributed by atoms with E-state index in [-0.39, 0.29) is 23.9 Å². The van der Waals surface area contributed by atoms with Crippen LogP contribution >= 0.6 is 23.7 Å². The van der Waals surface area contributed by atoms with E-state index in [0.29, 0.717) is 12.0 Å². The fraction of sp³-hybridized carbons (Fsp3) is 0.526. The Hall–Kier alpha value is -2.91. The van der Waals surface area contributed by atoms with Gasteiger partial charge in [0.15, 0.2) is 11.9 Å². The van der Waals surface area contributed by atoms with Crippen LogP contribution in [0.3, 0.4) is 0 Å². The third-order valence-electron chi connectivity index (χ3n) is 5.82. The van der Waals surface area contributed by atoms with Crippen molar-refractivity contribution < 1.29 is 34.5 Å². The van der Waals surface area contributed by atoms with Crippen LogP contribution in [0.2, 0.25) is 0 Å². The molecule has 0 saturated carbocycles. The molecule has 13 nitrogen and oxygen atoms in total. The van der Waals surface area contributed by atoms with Gasteiger partial charge >= 0.3 is 11.9 Å². The van der Waals surface area contributed by atoms with Crippen LogP contribution in [0.4, 0.5) is 0 Å². The van der Waals surface area contributed by atoms with E-state index < -0.39 is 53.1 Å². The molecule has 0 bridgehead atoms. The van der Waals surface area contributed by atoms with Gasteiger partial charge in [-0.05, 0) is 40.8 Å². The molecule has 0 aromatic carbocycles. The highest BCUT2D eigenvalue weighted by Crippen LogP contribution is 2.43. The Labute approximate surface area is 201 Å². The Morgan fingerprint density at radius 3 is 2.82 bits per heavy atom. The molecule has 2 saturated heterocycles. The first-order valence-electron chi connectivity index (χ1n) is 10.3. The van der Waals surface area contributed by atoms with Crippen LogP contribution < -0.4 is 5.32 Å². The lowest BCUT2D eigenvalue weighted by atomic mass is 9.89. The van der Waals surface area contributed by atoms with Crippen LogP contribution in [0.15, 0.2) is 23.8 Å². The van der Waals surface area contributed by atoms with E-state index >= 15 is 0 Å². The van der Waals surface area contributed by atoms with Gasteiger partial charge in [0.2, 0.25) is 5.91 Å². The van der Waals surface area contributed by atoms with Gasteiger partial charge in [-0.1, -0.05) is 18.2 Å². The molecule has 2 amide bonds. The molecule has 1 aromatic heterocycles. The molecule has 4 N–H and O–H groups in total. The van der Waals surface area contributed by atoms with E-state index in [4.69, 9.17) is 5.11 Å². The number of hydrogen-bond donors (Lipinski definition) is 4. The van der Waals surface area contributed by atoms with Crippen LogP contribution in [-0.4, -0.2) is 99.2 Å². The Morgan fingerprint density at radius 1 is 1.35 bits per heavy atom. The Bertz CT molecular complexity index is 1080. The van der Waals surface area contributed by atoms with Crippen LogP contribution in [-0.2, 0) is 25.6 Å². The molecule has 34 heavy (non-hydrogen) atoms. The zero-order chi connectivity index (χ0) is 24.5. The molecule has 3 unspecified atom stereocenters. The molecule has 4 atom stereocenters. The first kappa shape index (κ1) is 24.2. The number of carbonyl (C=O) groups excluding carboxylic acids is 2. The van der Waals surface area contributed by atoms with Gasteiger partial charge in [0.05, 0.1) is 0 Å². The number of aliphatic carboxylic acids is 2. The van der Waals surface area contributed by atoms with E-state index in [1.165, 1.54) is 20.7 Å². The van der Waals surface area contributed by atoms with E-state index in [0.717, 1.165) is 18.4 Å². The second-order valence-corrected chi connectivity index (χ2v) is 10.2. The topological polar surface area (TPSA) is 188 Å². The summed E-state index contributed by atoms with van der Waals surface area (Å²) in [5, 5.41) is 42.1. The first-order valence-corrected chi connectivity index (χ1v) is 12.3. The lowest BCUT2D eigenvalue weighted by molar-refractivity contribution is -0.158. The maximum atomic E-state index is 12.7. The molecule has 15 heteroatoms. The van der Waals surface area contributed by atoms with Crippen LogP contribution in [0.25, 0.3) is 0 Å². The number of carboxylic acid groups (broad SMARTS) is 2. The van der Waals surface area contributed by atoms with Gasteiger partial charge < -0.3 is 25.5 Å².